The molecule has 0 amide bonds. The van der Waals surface area contributed by atoms with Crippen LogP contribution in [-0.2, 0) is 6.54 Å². The van der Waals surface area contributed by atoms with Crippen molar-refractivity contribution in [3.63, 3.8) is 0 Å². The second-order valence-electron chi connectivity index (χ2n) is 5.59. The van der Waals surface area contributed by atoms with Crippen molar-refractivity contribution in [1.82, 2.24) is 0 Å². The summed E-state index contributed by atoms with van der Waals surface area (Å²) in [7, 11) is 3.31. The maximum absolute atomic E-state index is 5.97. The van der Waals surface area contributed by atoms with E-state index in [0.717, 1.165) is 27.6 Å². The van der Waals surface area contributed by atoms with Crippen molar-refractivity contribution in [2.75, 3.05) is 19.5 Å². The van der Waals surface area contributed by atoms with Crippen LogP contribution in [0, 0.1) is 0 Å². The Kier molecular flexibility index (Phi) is 5.76. The van der Waals surface area contributed by atoms with Gasteiger partial charge in [-0.2, -0.15) is 0 Å². The van der Waals surface area contributed by atoms with Gasteiger partial charge in [0.2, 0.25) is 0 Å². The molecule has 0 radical (unpaired) electrons. The molecular weight excluding hydrogens is 346 g/mol. The maximum atomic E-state index is 5.97. The van der Waals surface area contributed by atoms with Crippen molar-refractivity contribution in [1.29, 1.82) is 0 Å². The second kappa shape index (κ2) is 8.40. The van der Waals surface area contributed by atoms with Gasteiger partial charge in [0.25, 0.3) is 0 Å². The molecule has 1 heterocycles. The van der Waals surface area contributed by atoms with Crippen molar-refractivity contribution < 1.29 is 9.47 Å². The minimum absolute atomic E-state index is 0.384. The number of aliphatic imine (C=N–C) groups is 1. The number of nitrogens with zero attached hydrogens (tertiary/aromatic N) is 1. The van der Waals surface area contributed by atoms with Crippen LogP contribution in [0.15, 0.2) is 65.0 Å². The Bertz CT molecular complexity index is 871. The molecule has 0 aliphatic carbocycles. The van der Waals surface area contributed by atoms with Crippen LogP contribution in [0.4, 0.5) is 5.69 Å². The van der Waals surface area contributed by atoms with Gasteiger partial charge in [-0.05, 0) is 59.0 Å². The number of hydrogen-bond acceptors (Lipinski definition) is 4. The zero-order chi connectivity index (χ0) is 18.4. The summed E-state index contributed by atoms with van der Waals surface area (Å²) in [6.07, 6.45) is 0. The van der Waals surface area contributed by atoms with Gasteiger partial charge in [0, 0.05) is 10.6 Å². The van der Waals surface area contributed by atoms with Gasteiger partial charge in [-0.15, -0.1) is 11.3 Å². The first-order chi connectivity index (χ1) is 12.7. The molecule has 0 aliphatic rings. The molecule has 3 rings (SSSR count). The van der Waals surface area contributed by atoms with Gasteiger partial charge in [0.15, 0.2) is 5.96 Å². The van der Waals surface area contributed by atoms with E-state index in [0.29, 0.717) is 12.5 Å². The number of guanidine groups is 1. The Labute approximate surface area is 157 Å². The number of hydrogen-bond donors (Lipinski definition) is 2. The van der Waals surface area contributed by atoms with E-state index in [1.807, 2.05) is 48.5 Å². The highest BCUT2D eigenvalue weighted by Gasteiger charge is 2.03. The second-order valence-corrected chi connectivity index (χ2v) is 6.58. The molecule has 26 heavy (non-hydrogen) atoms. The summed E-state index contributed by atoms with van der Waals surface area (Å²) >= 11 is 1.67. The molecule has 5 nitrogen and oxygen atoms in total. The first-order valence-electron chi connectivity index (χ1n) is 8.11. The lowest BCUT2D eigenvalue weighted by Gasteiger charge is -2.06. The molecule has 0 saturated heterocycles. The van der Waals surface area contributed by atoms with Gasteiger partial charge >= 0.3 is 0 Å². The van der Waals surface area contributed by atoms with E-state index >= 15 is 0 Å². The van der Waals surface area contributed by atoms with Crippen LogP contribution in [0.3, 0.4) is 0 Å². The van der Waals surface area contributed by atoms with Crippen LogP contribution < -0.4 is 20.5 Å². The van der Waals surface area contributed by atoms with Gasteiger partial charge in [0.1, 0.15) is 11.5 Å². The first-order valence-corrected chi connectivity index (χ1v) is 8.99. The predicted octanol–water partition coefficient (Wildman–Crippen LogP) is 4.36. The van der Waals surface area contributed by atoms with E-state index < -0.39 is 0 Å². The fourth-order valence-corrected chi connectivity index (χ4v) is 3.24. The van der Waals surface area contributed by atoms with Crippen LogP contribution in [0.1, 0.15) is 4.88 Å². The number of anilines is 1. The number of methoxy groups -OCH3 is 2. The molecule has 134 valence electrons. The zero-order valence-corrected chi connectivity index (χ0v) is 15.5. The molecule has 3 N–H and O–H groups in total. The normalized spacial score (nSPS) is 11.2. The highest BCUT2D eigenvalue weighted by atomic mass is 32.1. The molecule has 1 aromatic heterocycles. The molecule has 0 unspecified atom stereocenters. The summed E-state index contributed by atoms with van der Waals surface area (Å²) in [5.74, 6) is 2.04. The number of nitrogens with one attached hydrogen (secondary N) is 1. The fraction of sp³-hybridized carbons (Fsp3) is 0.150. The molecule has 0 saturated carbocycles. The van der Waals surface area contributed by atoms with Gasteiger partial charge in [-0.25, -0.2) is 4.99 Å². The van der Waals surface area contributed by atoms with E-state index in [2.05, 4.69) is 21.8 Å². The lowest BCUT2D eigenvalue weighted by molar-refractivity contribution is 0.415. The van der Waals surface area contributed by atoms with E-state index in [4.69, 9.17) is 15.2 Å². The van der Waals surface area contributed by atoms with E-state index in [1.54, 1.807) is 25.6 Å². The van der Waals surface area contributed by atoms with Crippen molar-refractivity contribution in [3.05, 3.63) is 64.9 Å². The van der Waals surface area contributed by atoms with Crippen LogP contribution in [0.2, 0.25) is 0 Å². The predicted molar refractivity (Wildman–Crippen MR) is 108 cm³/mol. The third-order valence-electron chi connectivity index (χ3n) is 3.84. The highest BCUT2D eigenvalue weighted by molar-refractivity contribution is 7.10. The molecule has 6 heteroatoms. The van der Waals surface area contributed by atoms with Crippen LogP contribution in [0.5, 0.6) is 11.5 Å². The van der Waals surface area contributed by atoms with Crippen LogP contribution in [-0.4, -0.2) is 20.2 Å². The smallest absolute Gasteiger partial charge is 0.193 e. The summed E-state index contributed by atoms with van der Waals surface area (Å²) in [4.78, 5) is 5.56. The first kappa shape index (κ1) is 17.8. The number of rotatable bonds is 6. The van der Waals surface area contributed by atoms with Gasteiger partial charge in [-0.3, -0.25) is 0 Å². The van der Waals surface area contributed by atoms with Gasteiger partial charge < -0.3 is 20.5 Å². The Morgan fingerprint density at radius 1 is 0.962 bits per heavy atom. The highest BCUT2D eigenvalue weighted by Crippen LogP contribution is 2.27. The van der Waals surface area contributed by atoms with E-state index in [9.17, 15) is 0 Å². The van der Waals surface area contributed by atoms with E-state index in [-0.39, 0.29) is 0 Å². The molecule has 0 aliphatic heterocycles. The standard InChI is InChI=1S/C20H21N3O2S/c1-24-17-7-3-14(4-8-17)15-11-19(26-13-15)12-22-20(21)23-16-5-9-18(25-2)10-6-16/h3-11,13H,12H2,1-2H3,(H3,21,22,23). The average molecular weight is 367 g/mol. The molecule has 0 atom stereocenters. The van der Waals surface area contributed by atoms with Crippen LogP contribution in [0.25, 0.3) is 11.1 Å². The Morgan fingerprint density at radius 2 is 1.58 bits per heavy atom. The quantitative estimate of drug-likeness (QED) is 0.502. The average Bonchev–Trinajstić information content (AvgIpc) is 3.16. The monoisotopic (exact) mass is 367 g/mol. The lowest BCUT2D eigenvalue weighted by atomic mass is 10.1. The van der Waals surface area contributed by atoms with Crippen molar-refractivity contribution in [2.45, 2.75) is 6.54 Å². The lowest BCUT2D eigenvalue weighted by Crippen LogP contribution is -2.22. The zero-order valence-electron chi connectivity index (χ0n) is 14.7. The Balaban J connectivity index is 1.61. The summed E-state index contributed by atoms with van der Waals surface area (Å²) < 4.78 is 10.3. The minimum atomic E-state index is 0.384. The van der Waals surface area contributed by atoms with Crippen molar-refractivity contribution >= 4 is 23.0 Å². The fourth-order valence-electron chi connectivity index (χ4n) is 2.42. The molecule has 0 fully saturated rings. The SMILES string of the molecule is COc1ccc(NC(N)=NCc2cc(-c3ccc(OC)cc3)cs2)cc1. The summed E-state index contributed by atoms with van der Waals surface area (Å²) in [5.41, 5.74) is 9.17. The summed E-state index contributed by atoms with van der Waals surface area (Å²) in [6.45, 7) is 0.538. The molecule has 0 spiro atoms. The molecule has 0 bridgehead atoms. The Hall–Kier alpha value is -2.99. The number of benzene rings is 2. The largest absolute Gasteiger partial charge is 0.497 e. The number of ether oxygens (including phenoxy) is 2. The van der Waals surface area contributed by atoms with E-state index in [1.165, 1.54) is 5.56 Å². The molecular formula is C20H21N3O2S. The summed E-state index contributed by atoms with van der Waals surface area (Å²) in [5, 5.41) is 5.20. The molecule has 2 aromatic carbocycles. The Morgan fingerprint density at radius 3 is 2.19 bits per heavy atom. The molecule has 3 aromatic rings. The number of thiophene rings is 1. The number of nitrogens with two attached hydrogens (primary N) is 1. The van der Waals surface area contributed by atoms with Crippen LogP contribution >= 0.6 is 11.3 Å². The topological polar surface area (TPSA) is 68.9 Å². The summed E-state index contributed by atoms with van der Waals surface area (Å²) in [6, 6.07) is 17.7. The maximum Gasteiger partial charge on any atom is 0.193 e. The van der Waals surface area contributed by atoms with Gasteiger partial charge in [0.05, 0.1) is 20.8 Å². The third kappa shape index (κ3) is 4.55. The van der Waals surface area contributed by atoms with Crippen molar-refractivity contribution in [2.24, 2.45) is 10.7 Å². The van der Waals surface area contributed by atoms with Gasteiger partial charge in [-0.1, -0.05) is 12.1 Å². The third-order valence-corrected chi connectivity index (χ3v) is 4.77. The minimum Gasteiger partial charge on any atom is -0.497 e. The van der Waals surface area contributed by atoms with Crippen molar-refractivity contribution in [3.8, 4) is 22.6 Å².